The van der Waals surface area contributed by atoms with Crippen LogP contribution in [0.1, 0.15) is 22.3 Å². The minimum Gasteiger partial charge on any atom is -0.465 e. The zero-order valence-electron chi connectivity index (χ0n) is 14.7. The molecule has 6 heteroatoms. The Bertz CT molecular complexity index is 817. The number of anilines is 1. The summed E-state index contributed by atoms with van der Waals surface area (Å²) in [5.41, 5.74) is 1.91. The highest BCUT2D eigenvalue weighted by Crippen LogP contribution is 2.26. The smallest absolute Gasteiger partial charge is 0.337 e. The number of rotatable bonds is 5. The molecule has 1 heterocycles. The van der Waals surface area contributed by atoms with E-state index >= 15 is 0 Å². The normalized spacial score (nSPS) is 17.0. The van der Waals surface area contributed by atoms with Crippen molar-refractivity contribution in [1.29, 1.82) is 0 Å². The van der Waals surface area contributed by atoms with E-state index in [0.29, 0.717) is 17.8 Å². The number of hydrogen-bond donors (Lipinski definition) is 0. The lowest BCUT2D eigenvalue weighted by atomic mass is 10.1. The van der Waals surface area contributed by atoms with E-state index in [2.05, 4.69) is 4.74 Å². The van der Waals surface area contributed by atoms with Crippen molar-refractivity contribution in [3.05, 3.63) is 65.7 Å². The fourth-order valence-corrected chi connectivity index (χ4v) is 3.08. The van der Waals surface area contributed by atoms with Crippen LogP contribution in [0.2, 0.25) is 0 Å². The van der Waals surface area contributed by atoms with Gasteiger partial charge in [-0.3, -0.25) is 14.5 Å². The lowest BCUT2D eigenvalue weighted by Crippen LogP contribution is -2.39. The molecule has 0 aliphatic carbocycles. The van der Waals surface area contributed by atoms with Crippen LogP contribution in [-0.4, -0.2) is 42.9 Å². The van der Waals surface area contributed by atoms with Crippen LogP contribution in [0, 0.1) is 0 Å². The third-order valence-electron chi connectivity index (χ3n) is 4.48. The molecule has 0 N–H and O–H groups in total. The van der Waals surface area contributed by atoms with E-state index in [4.69, 9.17) is 0 Å². The second-order valence-corrected chi connectivity index (χ2v) is 6.23. The number of nitrogens with zero attached hydrogens (tertiary/aromatic N) is 2. The van der Waals surface area contributed by atoms with Crippen molar-refractivity contribution in [2.24, 2.45) is 0 Å². The zero-order valence-corrected chi connectivity index (χ0v) is 14.7. The van der Waals surface area contributed by atoms with Gasteiger partial charge in [0.2, 0.25) is 5.91 Å². The predicted molar refractivity (Wildman–Crippen MR) is 96.6 cm³/mol. The van der Waals surface area contributed by atoms with Crippen LogP contribution in [-0.2, 0) is 20.9 Å². The van der Waals surface area contributed by atoms with E-state index in [1.54, 1.807) is 24.3 Å². The number of hydrogen-bond acceptors (Lipinski definition) is 5. The molecular weight excluding hydrogens is 332 g/mol. The van der Waals surface area contributed by atoms with E-state index in [-0.39, 0.29) is 18.2 Å². The average molecular weight is 352 g/mol. The molecule has 0 unspecified atom stereocenters. The van der Waals surface area contributed by atoms with E-state index in [9.17, 15) is 14.4 Å². The number of esters is 1. The number of likely N-dealkylation sites (N-methyl/N-ethyl adjacent to an activating group) is 1. The van der Waals surface area contributed by atoms with Crippen molar-refractivity contribution in [3.8, 4) is 0 Å². The quantitative estimate of drug-likeness (QED) is 0.610. The second-order valence-electron chi connectivity index (χ2n) is 6.23. The van der Waals surface area contributed by atoms with Gasteiger partial charge in [0.25, 0.3) is 5.91 Å². The summed E-state index contributed by atoms with van der Waals surface area (Å²) in [7, 11) is 3.14. The molecular formula is C20H20N2O4. The molecule has 26 heavy (non-hydrogen) atoms. The van der Waals surface area contributed by atoms with E-state index in [0.717, 1.165) is 5.56 Å². The fraction of sp³-hybridized carbons (Fsp3) is 0.250. The molecule has 0 spiro atoms. The molecule has 6 nitrogen and oxygen atoms in total. The summed E-state index contributed by atoms with van der Waals surface area (Å²) < 4.78 is 4.66. The maximum atomic E-state index is 12.8. The molecule has 1 saturated heterocycles. The Morgan fingerprint density at radius 2 is 1.77 bits per heavy atom. The summed E-state index contributed by atoms with van der Waals surface area (Å²) in [5.74, 6) is -0.957. The highest BCUT2D eigenvalue weighted by molar-refractivity contribution is 6.22. The van der Waals surface area contributed by atoms with E-state index in [1.807, 2.05) is 42.3 Å². The summed E-state index contributed by atoms with van der Waals surface area (Å²) in [5, 5.41) is 0. The molecule has 0 radical (unpaired) electrons. The van der Waals surface area contributed by atoms with Crippen LogP contribution >= 0.6 is 0 Å². The fourth-order valence-electron chi connectivity index (χ4n) is 3.08. The van der Waals surface area contributed by atoms with Gasteiger partial charge in [-0.05, 0) is 36.9 Å². The molecule has 0 aromatic heterocycles. The molecule has 1 atom stereocenters. The van der Waals surface area contributed by atoms with Crippen LogP contribution < -0.4 is 4.90 Å². The molecule has 2 amide bonds. The van der Waals surface area contributed by atoms with Gasteiger partial charge in [-0.1, -0.05) is 30.3 Å². The number of amides is 2. The Kier molecular flexibility index (Phi) is 5.14. The number of imide groups is 1. The van der Waals surface area contributed by atoms with Gasteiger partial charge >= 0.3 is 5.97 Å². The predicted octanol–water partition coefficient (Wildman–Crippen LogP) is 2.24. The molecule has 1 fully saturated rings. The number of methoxy groups -OCH3 is 1. The van der Waals surface area contributed by atoms with Gasteiger partial charge in [0.05, 0.1) is 30.8 Å². The molecule has 0 bridgehead atoms. The molecule has 3 rings (SSSR count). The first-order valence-corrected chi connectivity index (χ1v) is 8.30. The average Bonchev–Trinajstić information content (AvgIpc) is 2.96. The van der Waals surface area contributed by atoms with E-state index in [1.165, 1.54) is 12.0 Å². The van der Waals surface area contributed by atoms with Crippen LogP contribution in [0.15, 0.2) is 54.6 Å². The first kappa shape index (κ1) is 17.8. The van der Waals surface area contributed by atoms with Crippen molar-refractivity contribution in [2.45, 2.75) is 19.0 Å². The first-order chi connectivity index (χ1) is 12.5. The monoisotopic (exact) mass is 352 g/mol. The van der Waals surface area contributed by atoms with Crippen molar-refractivity contribution >= 4 is 23.5 Å². The highest BCUT2D eigenvalue weighted by Gasteiger charge is 2.41. The van der Waals surface area contributed by atoms with Gasteiger partial charge in [-0.25, -0.2) is 9.69 Å². The molecule has 2 aromatic rings. The Morgan fingerprint density at radius 3 is 2.38 bits per heavy atom. The Balaban J connectivity index is 1.75. The SMILES string of the molecule is COC(=O)c1ccc(N2C(=O)C[C@@H](N(C)Cc3ccccc3)C2=O)cc1. The number of benzene rings is 2. The summed E-state index contributed by atoms with van der Waals surface area (Å²) in [4.78, 5) is 39.8. The number of carbonyl (C=O) groups is 3. The third kappa shape index (κ3) is 3.50. The van der Waals surface area contributed by atoms with Crippen LogP contribution in [0.3, 0.4) is 0 Å². The van der Waals surface area contributed by atoms with Crippen molar-refractivity contribution in [3.63, 3.8) is 0 Å². The summed E-state index contributed by atoms with van der Waals surface area (Å²) in [6.07, 6.45) is 0.140. The Morgan fingerprint density at radius 1 is 1.12 bits per heavy atom. The van der Waals surface area contributed by atoms with Gasteiger partial charge < -0.3 is 4.74 Å². The third-order valence-corrected chi connectivity index (χ3v) is 4.48. The van der Waals surface area contributed by atoms with Gasteiger partial charge in [0.15, 0.2) is 0 Å². The number of ether oxygens (including phenoxy) is 1. The number of carbonyl (C=O) groups excluding carboxylic acids is 3. The maximum Gasteiger partial charge on any atom is 0.337 e. The Hall–Kier alpha value is -2.99. The zero-order chi connectivity index (χ0) is 18.7. The second kappa shape index (κ2) is 7.49. The van der Waals surface area contributed by atoms with Crippen molar-refractivity contribution < 1.29 is 19.1 Å². The van der Waals surface area contributed by atoms with Crippen molar-refractivity contribution in [1.82, 2.24) is 4.90 Å². The standard InChI is InChI=1S/C20H20N2O4/c1-21(13-14-6-4-3-5-7-14)17-12-18(23)22(19(17)24)16-10-8-15(9-11-16)20(25)26-2/h3-11,17H,12-13H2,1-2H3/t17-/m1/s1. The summed E-state index contributed by atoms with van der Waals surface area (Å²) in [6.45, 7) is 0.583. The minimum absolute atomic E-state index is 0.140. The van der Waals surface area contributed by atoms with Crippen LogP contribution in [0.4, 0.5) is 5.69 Å². The lowest BCUT2D eigenvalue weighted by molar-refractivity contribution is -0.122. The van der Waals surface area contributed by atoms with Crippen LogP contribution in [0.5, 0.6) is 0 Å². The van der Waals surface area contributed by atoms with Gasteiger partial charge in [0, 0.05) is 6.54 Å². The van der Waals surface area contributed by atoms with Gasteiger partial charge in [-0.2, -0.15) is 0 Å². The van der Waals surface area contributed by atoms with Gasteiger partial charge in [-0.15, -0.1) is 0 Å². The first-order valence-electron chi connectivity index (χ1n) is 8.30. The summed E-state index contributed by atoms with van der Waals surface area (Å²) >= 11 is 0. The van der Waals surface area contributed by atoms with Crippen molar-refractivity contribution in [2.75, 3.05) is 19.1 Å². The Labute approximate surface area is 152 Å². The minimum atomic E-state index is -0.497. The highest BCUT2D eigenvalue weighted by atomic mass is 16.5. The van der Waals surface area contributed by atoms with E-state index < -0.39 is 12.0 Å². The maximum absolute atomic E-state index is 12.8. The molecule has 134 valence electrons. The molecule has 1 aliphatic heterocycles. The summed E-state index contributed by atoms with van der Waals surface area (Å²) in [6, 6.07) is 15.6. The van der Waals surface area contributed by atoms with Crippen LogP contribution in [0.25, 0.3) is 0 Å². The molecule has 1 aliphatic rings. The molecule has 0 saturated carbocycles. The van der Waals surface area contributed by atoms with Gasteiger partial charge in [0.1, 0.15) is 0 Å². The molecule has 2 aromatic carbocycles. The largest absolute Gasteiger partial charge is 0.465 e. The topological polar surface area (TPSA) is 66.9 Å². The lowest BCUT2D eigenvalue weighted by Gasteiger charge is -2.23.